The lowest BCUT2D eigenvalue weighted by Gasteiger charge is -2.10. The summed E-state index contributed by atoms with van der Waals surface area (Å²) in [5, 5.41) is 6.69. The molecule has 0 amide bonds. The third kappa shape index (κ3) is 4.21. The molecule has 4 nitrogen and oxygen atoms in total. The maximum atomic E-state index is 4.48. The van der Waals surface area contributed by atoms with Gasteiger partial charge in [-0.15, -0.1) is 0 Å². The Kier molecular flexibility index (Phi) is 3.82. The molecule has 2 N–H and O–H groups in total. The Labute approximate surface area is 103 Å². The molecule has 1 aliphatic rings. The van der Waals surface area contributed by atoms with Gasteiger partial charge in [0.05, 0.1) is 0 Å². The van der Waals surface area contributed by atoms with Gasteiger partial charge in [-0.05, 0) is 32.1 Å². The number of nitrogens with zero attached hydrogens (tertiary/aromatic N) is 2. The van der Waals surface area contributed by atoms with Gasteiger partial charge >= 0.3 is 0 Å². The van der Waals surface area contributed by atoms with Crippen LogP contribution in [0.5, 0.6) is 0 Å². The van der Waals surface area contributed by atoms with Crippen molar-refractivity contribution in [3.63, 3.8) is 0 Å². The fraction of sp³-hybridized carbons (Fsp3) is 0.692. The number of aryl methyl sites for hydroxylation is 1. The Hall–Kier alpha value is -1.32. The molecule has 1 saturated carbocycles. The Morgan fingerprint density at radius 3 is 2.76 bits per heavy atom. The van der Waals surface area contributed by atoms with Crippen molar-refractivity contribution in [2.45, 2.75) is 46.1 Å². The average molecular weight is 234 g/mol. The van der Waals surface area contributed by atoms with Gasteiger partial charge in [-0.3, -0.25) is 0 Å². The van der Waals surface area contributed by atoms with Crippen LogP contribution >= 0.6 is 0 Å². The first kappa shape index (κ1) is 12.1. The van der Waals surface area contributed by atoms with Gasteiger partial charge in [-0.2, -0.15) is 4.98 Å². The van der Waals surface area contributed by atoms with E-state index in [9.17, 15) is 0 Å². The van der Waals surface area contributed by atoms with E-state index in [-0.39, 0.29) is 0 Å². The second-order valence-corrected chi connectivity index (χ2v) is 5.25. The largest absolute Gasteiger partial charge is 0.370 e. The minimum absolute atomic E-state index is 0.598. The summed E-state index contributed by atoms with van der Waals surface area (Å²) in [6.07, 6.45) is 3.65. The van der Waals surface area contributed by atoms with Gasteiger partial charge < -0.3 is 10.6 Å². The van der Waals surface area contributed by atoms with Gasteiger partial charge in [0.2, 0.25) is 5.95 Å². The molecule has 1 aromatic heterocycles. The second kappa shape index (κ2) is 5.34. The molecule has 1 heterocycles. The molecule has 0 aliphatic heterocycles. The van der Waals surface area contributed by atoms with Gasteiger partial charge in [0, 0.05) is 24.3 Å². The molecule has 0 unspecified atom stereocenters. The summed E-state index contributed by atoms with van der Waals surface area (Å²) in [6.45, 7) is 7.43. The molecule has 0 saturated heterocycles. The molecule has 4 heteroatoms. The summed E-state index contributed by atoms with van der Waals surface area (Å²) >= 11 is 0. The molecular weight excluding hydrogens is 212 g/mol. The summed E-state index contributed by atoms with van der Waals surface area (Å²) < 4.78 is 0. The molecule has 0 bridgehead atoms. The summed E-state index contributed by atoms with van der Waals surface area (Å²) in [7, 11) is 0. The Morgan fingerprint density at radius 2 is 2.12 bits per heavy atom. The zero-order chi connectivity index (χ0) is 12.3. The summed E-state index contributed by atoms with van der Waals surface area (Å²) in [6, 6.07) is 2.60. The lowest BCUT2D eigenvalue weighted by molar-refractivity contribution is 0.606. The zero-order valence-corrected chi connectivity index (χ0v) is 11.0. The smallest absolute Gasteiger partial charge is 0.225 e. The van der Waals surface area contributed by atoms with E-state index in [1.165, 1.54) is 12.8 Å². The van der Waals surface area contributed by atoms with E-state index in [1.54, 1.807) is 0 Å². The van der Waals surface area contributed by atoms with Crippen molar-refractivity contribution < 1.29 is 0 Å². The summed E-state index contributed by atoms with van der Waals surface area (Å²) in [4.78, 5) is 8.87. The van der Waals surface area contributed by atoms with Crippen LogP contribution in [-0.4, -0.2) is 22.6 Å². The molecule has 94 valence electrons. The van der Waals surface area contributed by atoms with E-state index >= 15 is 0 Å². The van der Waals surface area contributed by atoms with Crippen LogP contribution in [0.2, 0.25) is 0 Å². The molecule has 0 aromatic carbocycles. The van der Waals surface area contributed by atoms with E-state index < -0.39 is 0 Å². The van der Waals surface area contributed by atoms with E-state index in [0.29, 0.717) is 6.04 Å². The first-order valence-corrected chi connectivity index (χ1v) is 6.49. The number of nitrogens with one attached hydrogen (secondary N) is 2. The summed E-state index contributed by atoms with van der Waals surface area (Å²) in [5.74, 6) is 2.41. The first-order valence-electron chi connectivity index (χ1n) is 6.49. The number of aromatic nitrogens is 2. The number of anilines is 2. The summed E-state index contributed by atoms with van der Waals surface area (Å²) in [5.41, 5.74) is 1.01. The third-order valence-electron chi connectivity index (χ3n) is 2.79. The van der Waals surface area contributed by atoms with Crippen LogP contribution in [0.4, 0.5) is 11.8 Å². The predicted octanol–water partition coefficient (Wildman–Crippen LogP) is 2.82. The Bertz CT molecular complexity index is 372. The van der Waals surface area contributed by atoms with Gasteiger partial charge in [-0.1, -0.05) is 13.8 Å². The minimum atomic E-state index is 0.598. The van der Waals surface area contributed by atoms with E-state index in [0.717, 1.165) is 36.3 Å². The molecule has 1 fully saturated rings. The van der Waals surface area contributed by atoms with Crippen molar-refractivity contribution in [3.8, 4) is 0 Å². The lowest BCUT2D eigenvalue weighted by atomic mass is 10.1. The third-order valence-corrected chi connectivity index (χ3v) is 2.79. The van der Waals surface area contributed by atoms with Crippen LogP contribution in [-0.2, 0) is 0 Å². The van der Waals surface area contributed by atoms with Crippen molar-refractivity contribution in [2.24, 2.45) is 5.92 Å². The van der Waals surface area contributed by atoms with Crippen LogP contribution in [0, 0.1) is 12.8 Å². The molecule has 2 rings (SSSR count). The van der Waals surface area contributed by atoms with E-state index in [2.05, 4.69) is 34.4 Å². The van der Waals surface area contributed by atoms with Crippen LogP contribution in [0.15, 0.2) is 6.07 Å². The molecule has 0 radical (unpaired) electrons. The second-order valence-electron chi connectivity index (χ2n) is 5.25. The maximum Gasteiger partial charge on any atom is 0.225 e. The molecular formula is C13H22N4. The van der Waals surface area contributed by atoms with Gasteiger partial charge in [0.25, 0.3) is 0 Å². The predicted molar refractivity (Wildman–Crippen MR) is 71.4 cm³/mol. The molecule has 1 aliphatic carbocycles. The Morgan fingerprint density at radius 1 is 1.35 bits per heavy atom. The van der Waals surface area contributed by atoms with Crippen molar-refractivity contribution in [1.29, 1.82) is 0 Å². The highest BCUT2D eigenvalue weighted by Gasteiger charge is 2.22. The SMILES string of the molecule is Cc1cc(NCCC(C)C)nc(NC2CC2)n1. The minimum Gasteiger partial charge on any atom is -0.370 e. The molecule has 0 atom stereocenters. The fourth-order valence-corrected chi connectivity index (χ4v) is 1.62. The van der Waals surface area contributed by atoms with Crippen LogP contribution in [0.25, 0.3) is 0 Å². The number of rotatable bonds is 6. The van der Waals surface area contributed by atoms with E-state index in [4.69, 9.17) is 0 Å². The van der Waals surface area contributed by atoms with Crippen LogP contribution in [0.3, 0.4) is 0 Å². The van der Waals surface area contributed by atoms with Gasteiger partial charge in [0.15, 0.2) is 0 Å². The highest BCUT2D eigenvalue weighted by atomic mass is 15.2. The molecule has 0 spiro atoms. The topological polar surface area (TPSA) is 49.8 Å². The number of hydrogen-bond donors (Lipinski definition) is 2. The zero-order valence-electron chi connectivity index (χ0n) is 11.0. The van der Waals surface area contributed by atoms with Crippen molar-refractivity contribution in [1.82, 2.24) is 9.97 Å². The standard InChI is InChI=1S/C13H22N4/c1-9(2)6-7-14-12-8-10(3)15-13(17-12)16-11-4-5-11/h8-9,11H,4-7H2,1-3H3,(H2,14,15,16,17). The van der Waals surface area contributed by atoms with Crippen molar-refractivity contribution in [2.75, 3.05) is 17.2 Å². The van der Waals surface area contributed by atoms with Gasteiger partial charge in [0.1, 0.15) is 5.82 Å². The highest BCUT2D eigenvalue weighted by Crippen LogP contribution is 2.23. The maximum absolute atomic E-state index is 4.48. The highest BCUT2D eigenvalue weighted by molar-refractivity contribution is 5.43. The molecule has 17 heavy (non-hydrogen) atoms. The quantitative estimate of drug-likeness (QED) is 0.794. The first-order chi connectivity index (χ1) is 8.13. The van der Waals surface area contributed by atoms with Crippen LogP contribution < -0.4 is 10.6 Å². The van der Waals surface area contributed by atoms with Crippen molar-refractivity contribution in [3.05, 3.63) is 11.8 Å². The lowest BCUT2D eigenvalue weighted by Crippen LogP contribution is -2.10. The van der Waals surface area contributed by atoms with Crippen molar-refractivity contribution >= 4 is 11.8 Å². The Balaban J connectivity index is 1.92. The average Bonchev–Trinajstić information content (AvgIpc) is 3.00. The van der Waals surface area contributed by atoms with E-state index in [1.807, 2.05) is 13.0 Å². The molecule has 1 aromatic rings. The fourth-order valence-electron chi connectivity index (χ4n) is 1.62. The number of hydrogen-bond acceptors (Lipinski definition) is 4. The normalized spacial score (nSPS) is 15.1. The monoisotopic (exact) mass is 234 g/mol. The van der Waals surface area contributed by atoms with Crippen LogP contribution in [0.1, 0.15) is 38.8 Å². The van der Waals surface area contributed by atoms with Gasteiger partial charge in [-0.25, -0.2) is 4.98 Å².